The van der Waals surface area contributed by atoms with E-state index in [-0.39, 0.29) is 11.0 Å². The van der Waals surface area contributed by atoms with Crippen molar-refractivity contribution in [3.8, 4) is 0 Å². The van der Waals surface area contributed by atoms with Gasteiger partial charge in [0, 0.05) is 22.4 Å². The third-order valence-corrected chi connectivity index (χ3v) is 5.66. The van der Waals surface area contributed by atoms with Gasteiger partial charge in [0.15, 0.2) is 0 Å². The van der Waals surface area contributed by atoms with Crippen LogP contribution in [0.5, 0.6) is 0 Å². The second kappa shape index (κ2) is 5.91. The Balaban J connectivity index is 1.65. The zero-order valence-corrected chi connectivity index (χ0v) is 16.4. The summed E-state index contributed by atoms with van der Waals surface area (Å²) >= 11 is 0. The van der Waals surface area contributed by atoms with Crippen LogP contribution in [0.1, 0.15) is 65.7 Å². The van der Waals surface area contributed by atoms with E-state index in [0.717, 1.165) is 23.3 Å². The highest BCUT2D eigenvalue weighted by atomic mass is 16.3. The van der Waals surface area contributed by atoms with Gasteiger partial charge in [-0.1, -0.05) is 26.8 Å². The molecule has 2 aromatic rings. The summed E-state index contributed by atoms with van der Waals surface area (Å²) < 4.78 is 6.01. The van der Waals surface area contributed by atoms with E-state index in [1.807, 2.05) is 0 Å². The van der Waals surface area contributed by atoms with Gasteiger partial charge in [-0.3, -0.25) is 4.90 Å². The van der Waals surface area contributed by atoms with Crippen LogP contribution in [0, 0.1) is 5.92 Å². The lowest BCUT2D eigenvalue weighted by Crippen LogP contribution is -2.51. The van der Waals surface area contributed by atoms with E-state index in [0.29, 0.717) is 0 Å². The van der Waals surface area contributed by atoms with Crippen molar-refractivity contribution in [2.75, 3.05) is 7.05 Å². The Kier molecular flexibility index (Phi) is 4.32. The number of benzene rings is 1. The van der Waals surface area contributed by atoms with E-state index in [2.05, 4.69) is 77.8 Å². The van der Waals surface area contributed by atoms with Gasteiger partial charge in [-0.2, -0.15) is 0 Å². The van der Waals surface area contributed by atoms with Crippen LogP contribution in [0.15, 0.2) is 28.7 Å². The molecule has 132 valence electrons. The van der Waals surface area contributed by atoms with Crippen LogP contribution in [0.25, 0.3) is 11.0 Å². The second-order valence-corrected chi connectivity index (χ2v) is 9.71. The molecule has 24 heavy (non-hydrogen) atoms. The number of furan rings is 1. The normalized spacial score (nSPS) is 22.2. The third kappa shape index (κ3) is 3.54. The lowest BCUT2D eigenvalue weighted by molar-refractivity contribution is 0.0335. The molecule has 0 unspecified atom stereocenters. The summed E-state index contributed by atoms with van der Waals surface area (Å²) in [6.45, 7) is 13.5. The van der Waals surface area contributed by atoms with Crippen molar-refractivity contribution in [2.24, 2.45) is 5.92 Å². The fraction of sp³-hybridized carbons (Fsp3) is 0.636. The summed E-state index contributed by atoms with van der Waals surface area (Å²) in [5.41, 5.74) is 2.81. The number of fused-ring (bicyclic) bond motifs is 1. The van der Waals surface area contributed by atoms with E-state index in [4.69, 9.17) is 4.42 Å². The molecule has 0 N–H and O–H groups in total. The number of hydrogen-bond acceptors (Lipinski definition) is 2. The van der Waals surface area contributed by atoms with Crippen molar-refractivity contribution < 1.29 is 4.42 Å². The van der Waals surface area contributed by atoms with Gasteiger partial charge >= 0.3 is 0 Å². The molecule has 0 bridgehead atoms. The maximum atomic E-state index is 6.01. The molecule has 1 aliphatic carbocycles. The van der Waals surface area contributed by atoms with Crippen molar-refractivity contribution in [3.63, 3.8) is 0 Å². The zero-order chi connectivity index (χ0) is 17.7. The molecule has 2 nitrogen and oxygen atoms in total. The fourth-order valence-electron chi connectivity index (χ4n) is 3.65. The van der Waals surface area contributed by atoms with Gasteiger partial charge in [0.2, 0.25) is 0 Å². The van der Waals surface area contributed by atoms with Gasteiger partial charge in [0.05, 0.1) is 0 Å². The molecule has 1 aromatic heterocycles. The molecular formula is C22H33NO. The molecule has 3 rings (SSSR count). The van der Waals surface area contributed by atoms with Crippen LogP contribution in [0.3, 0.4) is 0 Å². The van der Waals surface area contributed by atoms with Gasteiger partial charge in [0.25, 0.3) is 0 Å². The van der Waals surface area contributed by atoms with E-state index in [9.17, 15) is 0 Å². The van der Waals surface area contributed by atoms with Crippen LogP contribution >= 0.6 is 0 Å². The molecule has 2 heteroatoms. The van der Waals surface area contributed by atoms with E-state index in [1.165, 1.54) is 30.2 Å². The van der Waals surface area contributed by atoms with Gasteiger partial charge < -0.3 is 4.42 Å². The standard InChI is InChI=1S/C22H33NO/c1-21(2,3)20-14-17-11-15(8-9-19(17)24-20)10-16-12-18(13-16)23(7)22(4,5)6/h8-9,11,14,16,18H,10,12-13H2,1-7H3. The molecule has 0 radical (unpaired) electrons. The van der Waals surface area contributed by atoms with Crippen LogP contribution in [0.2, 0.25) is 0 Å². The highest BCUT2D eigenvalue weighted by Gasteiger charge is 2.35. The van der Waals surface area contributed by atoms with Crippen molar-refractivity contribution in [1.29, 1.82) is 0 Å². The first-order valence-electron chi connectivity index (χ1n) is 9.30. The predicted molar refractivity (Wildman–Crippen MR) is 103 cm³/mol. The number of rotatable bonds is 3. The van der Waals surface area contributed by atoms with Gasteiger partial charge in [-0.05, 0) is 76.8 Å². The molecular weight excluding hydrogens is 294 g/mol. The highest BCUT2D eigenvalue weighted by molar-refractivity contribution is 5.79. The first kappa shape index (κ1) is 17.5. The molecule has 1 aromatic carbocycles. The van der Waals surface area contributed by atoms with Crippen LogP contribution in [-0.2, 0) is 11.8 Å². The fourth-order valence-corrected chi connectivity index (χ4v) is 3.65. The minimum Gasteiger partial charge on any atom is -0.461 e. The Morgan fingerprint density at radius 1 is 1.04 bits per heavy atom. The van der Waals surface area contributed by atoms with Crippen LogP contribution in [-0.4, -0.2) is 23.5 Å². The van der Waals surface area contributed by atoms with E-state index < -0.39 is 0 Å². The summed E-state index contributed by atoms with van der Waals surface area (Å²) in [6, 6.07) is 9.70. The monoisotopic (exact) mass is 327 g/mol. The largest absolute Gasteiger partial charge is 0.461 e. The quantitative estimate of drug-likeness (QED) is 0.710. The molecule has 1 heterocycles. The Labute approximate surface area is 147 Å². The van der Waals surface area contributed by atoms with Crippen molar-refractivity contribution in [2.45, 2.75) is 77.8 Å². The smallest absolute Gasteiger partial charge is 0.134 e. The van der Waals surface area contributed by atoms with Crippen molar-refractivity contribution in [3.05, 3.63) is 35.6 Å². The number of nitrogens with zero attached hydrogens (tertiary/aromatic N) is 1. The Hall–Kier alpha value is -1.28. The molecule has 1 saturated carbocycles. The van der Waals surface area contributed by atoms with Gasteiger partial charge in [-0.15, -0.1) is 0 Å². The van der Waals surface area contributed by atoms with Crippen LogP contribution in [0.4, 0.5) is 0 Å². The molecule has 0 atom stereocenters. The first-order valence-corrected chi connectivity index (χ1v) is 9.30. The third-order valence-electron chi connectivity index (χ3n) is 5.66. The van der Waals surface area contributed by atoms with Gasteiger partial charge in [0.1, 0.15) is 11.3 Å². The van der Waals surface area contributed by atoms with Gasteiger partial charge in [-0.25, -0.2) is 0 Å². The molecule has 0 saturated heterocycles. The Bertz CT molecular complexity index is 708. The summed E-state index contributed by atoms with van der Waals surface area (Å²) in [6.07, 6.45) is 3.84. The molecule has 1 aliphatic rings. The minimum absolute atomic E-state index is 0.0674. The minimum atomic E-state index is 0.0674. The predicted octanol–water partition coefficient (Wildman–Crippen LogP) is 5.78. The second-order valence-electron chi connectivity index (χ2n) is 9.71. The van der Waals surface area contributed by atoms with Crippen LogP contribution < -0.4 is 0 Å². The maximum Gasteiger partial charge on any atom is 0.134 e. The topological polar surface area (TPSA) is 16.4 Å². The first-order chi connectivity index (χ1) is 11.0. The molecule has 0 aliphatic heterocycles. The summed E-state index contributed by atoms with van der Waals surface area (Å²) in [5, 5.41) is 1.25. The SMILES string of the molecule is CN(C1CC(Cc2ccc3oc(C(C)(C)C)cc3c2)C1)C(C)(C)C. The lowest BCUT2D eigenvalue weighted by atomic mass is 9.75. The summed E-state index contributed by atoms with van der Waals surface area (Å²) in [4.78, 5) is 2.54. The van der Waals surface area contributed by atoms with E-state index in [1.54, 1.807) is 0 Å². The Morgan fingerprint density at radius 2 is 1.71 bits per heavy atom. The average Bonchev–Trinajstić information content (AvgIpc) is 2.83. The van der Waals surface area contributed by atoms with E-state index >= 15 is 0 Å². The lowest BCUT2D eigenvalue weighted by Gasteiger charge is -2.47. The van der Waals surface area contributed by atoms with Crippen molar-refractivity contribution >= 4 is 11.0 Å². The molecule has 1 fully saturated rings. The molecule has 0 spiro atoms. The number of hydrogen-bond donors (Lipinski definition) is 0. The average molecular weight is 328 g/mol. The maximum absolute atomic E-state index is 6.01. The summed E-state index contributed by atoms with van der Waals surface area (Å²) in [7, 11) is 2.27. The Morgan fingerprint density at radius 3 is 2.29 bits per heavy atom. The van der Waals surface area contributed by atoms with Crippen molar-refractivity contribution in [1.82, 2.24) is 4.90 Å². The highest BCUT2D eigenvalue weighted by Crippen LogP contribution is 2.37. The summed E-state index contributed by atoms with van der Waals surface area (Å²) in [5.74, 6) is 1.90. The zero-order valence-electron chi connectivity index (χ0n) is 16.4. The molecule has 0 amide bonds.